The first kappa shape index (κ1) is 23.1. The van der Waals surface area contributed by atoms with Crippen LogP contribution in [-0.4, -0.2) is 48.2 Å². The molecule has 164 valence electrons. The number of hydrogen-bond donors (Lipinski definition) is 2. The average Bonchev–Trinajstić information content (AvgIpc) is 3.18. The van der Waals surface area contributed by atoms with Gasteiger partial charge in [-0.15, -0.1) is 11.3 Å². The van der Waals surface area contributed by atoms with Crippen LogP contribution in [0.4, 0.5) is 5.69 Å². The number of unbranched alkanes of at least 4 members (excludes halogenated alkanes) is 1. The highest BCUT2D eigenvalue weighted by Crippen LogP contribution is 2.29. The fraction of sp³-hybridized carbons (Fsp3) is 0.304. The summed E-state index contributed by atoms with van der Waals surface area (Å²) in [5.74, 6) is -0.608. The van der Waals surface area contributed by atoms with E-state index in [1.54, 1.807) is 23.5 Å². The summed E-state index contributed by atoms with van der Waals surface area (Å²) in [6.45, 7) is 3.29. The predicted octanol–water partition coefficient (Wildman–Crippen LogP) is 5.44. The fourth-order valence-corrected chi connectivity index (χ4v) is 4.19. The van der Waals surface area contributed by atoms with Gasteiger partial charge in [-0.1, -0.05) is 12.1 Å². The monoisotopic (exact) mass is 457 g/mol. The number of aromatic hydroxyl groups is 1. The molecule has 3 rings (SSSR count). The van der Waals surface area contributed by atoms with Crippen molar-refractivity contribution in [2.24, 2.45) is 0 Å². The largest absolute Gasteiger partial charge is 0.507 e. The van der Waals surface area contributed by atoms with Crippen molar-refractivity contribution in [3.05, 3.63) is 58.4 Å². The number of aryl methyl sites for hydroxylation is 1. The number of esters is 1. The molecular formula is C23H27N3O3S2. The SMILES string of the molecule is Cc1nc(-c2cccc(SNc3ccc(C(=O)OCCCCN(C)C)c(O)c3)c2)cs1. The number of nitrogens with one attached hydrogen (secondary N) is 1. The third-order valence-corrected chi connectivity index (χ3v) is 6.09. The summed E-state index contributed by atoms with van der Waals surface area (Å²) in [7, 11) is 4.02. The van der Waals surface area contributed by atoms with E-state index in [2.05, 4.69) is 20.7 Å². The lowest BCUT2D eigenvalue weighted by molar-refractivity contribution is 0.0493. The van der Waals surface area contributed by atoms with Gasteiger partial charge in [0, 0.05) is 27.6 Å². The molecule has 0 aliphatic heterocycles. The summed E-state index contributed by atoms with van der Waals surface area (Å²) in [6, 6.07) is 13.0. The Morgan fingerprint density at radius 2 is 2.06 bits per heavy atom. The number of nitrogens with zero attached hydrogens (tertiary/aromatic N) is 2. The van der Waals surface area contributed by atoms with E-state index < -0.39 is 5.97 Å². The average molecular weight is 458 g/mol. The van der Waals surface area contributed by atoms with Gasteiger partial charge < -0.3 is 19.5 Å². The van der Waals surface area contributed by atoms with Crippen LogP contribution in [0.2, 0.25) is 0 Å². The van der Waals surface area contributed by atoms with E-state index in [4.69, 9.17) is 4.74 Å². The molecule has 1 aromatic heterocycles. The van der Waals surface area contributed by atoms with Crippen molar-refractivity contribution >= 4 is 34.9 Å². The molecule has 0 unspecified atom stereocenters. The van der Waals surface area contributed by atoms with Gasteiger partial charge in [0.15, 0.2) is 0 Å². The third-order valence-electron chi connectivity index (χ3n) is 4.49. The van der Waals surface area contributed by atoms with E-state index in [0.29, 0.717) is 12.3 Å². The van der Waals surface area contributed by atoms with Crippen molar-refractivity contribution in [3.63, 3.8) is 0 Å². The first-order valence-electron chi connectivity index (χ1n) is 10.0. The summed E-state index contributed by atoms with van der Waals surface area (Å²) in [5, 5.41) is 13.3. The van der Waals surface area contributed by atoms with Gasteiger partial charge in [-0.05, 0) is 76.6 Å². The van der Waals surface area contributed by atoms with Gasteiger partial charge in [0.1, 0.15) is 11.3 Å². The van der Waals surface area contributed by atoms with Crippen molar-refractivity contribution in [2.45, 2.75) is 24.7 Å². The Morgan fingerprint density at radius 1 is 1.23 bits per heavy atom. The van der Waals surface area contributed by atoms with Crippen LogP contribution in [0.1, 0.15) is 28.2 Å². The zero-order valence-electron chi connectivity index (χ0n) is 17.9. The van der Waals surface area contributed by atoms with Gasteiger partial charge in [-0.25, -0.2) is 9.78 Å². The number of anilines is 1. The molecule has 0 radical (unpaired) electrons. The molecule has 1 heterocycles. The minimum atomic E-state index is -0.507. The summed E-state index contributed by atoms with van der Waals surface area (Å²) < 4.78 is 8.47. The summed E-state index contributed by atoms with van der Waals surface area (Å²) in [5.41, 5.74) is 2.89. The molecule has 8 heteroatoms. The third kappa shape index (κ3) is 6.99. The van der Waals surface area contributed by atoms with Crippen LogP contribution < -0.4 is 4.72 Å². The van der Waals surface area contributed by atoms with Gasteiger partial charge in [0.25, 0.3) is 0 Å². The minimum absolute atomic E-state index is 0.101. The molecule has 0 spiro atoms. The summed E-state index contributed by atoms with van der Waals surface area (Å²) in [6.07, 6.45) is 1.75. The first-order valence-corrected chi connectivity index (χ1v) is 11.7. The number of phenolic OH excluding ortho intramolecular Hbond substituents is 1. The molecular weight excluding hydrogens is 430 g/mol. The summed E-state index contributed by atoms with van der Waals surface area (Å²) in [4.78, 5) is 19.8. The van der Waals surface area contributed by atoms with E-state index in [0.717, 1.165) is 40.5 Å². The fourth-order valence-electron chi connectivity index (χ4n) is 2.87. The zero-order valence-corrected chi connectivity index (χ0v) is 19.6. The molecule has 0 saturated carbocycles. The standard InChI is InChI=1S/C23H27N3O3S2/c1-16-24-21(15-30-16)17-7-6-8-19(13-17)31-25-18-9-10-20(22(27)14-18)23(28)29-12-5-4-11-26(2)3/h6-10,13-15,25,27H,4-5,11-12H2,1-3H3. The molecule has 3 aromatic rings. The normalized spacial score (nSPS) is 11.0. The molecule has 0 aliphatic carbocycles. The second-order valence-electron chi connectivity index (χ2n) is 7.36. The quantitative estimate of drug-likeness (QED) is 0.238. The van der Waals surface area contributed by atoms with Crippen LogP contribution >= 0.6 is 23.3 Å². The Morgan fingerprint density at radius 3 is 2.77 bits per heavy atom. The second kappa shape index (κ2) is 11.2. The van der Waals surface area contributed by atoms with Crippen LogP contribution in [0.25, 0.3) is 11.3 Å². The number of ether oxygens (including phenoxy) is 1. The number of aromatic nitrogens is 1. The number of phenols is 1. The van der Waals surface area contributed by atoms with E-state index in [1.165, 1.54) is 18.0 Å². The second-order valence-corrected chi connectivity index (χ2v) is 9.30. The molecule has 0 fully saturated rings. The molecule has 2 aromatic carbocycles. The molecule has 0 aliphatic rings. The molecule has 0 atom stereocenters. The minimum Gasteiger partial charge on any atom is -0.507 e. The first-order chi connectivity index (χ1) is 14.9. The van der Waals surface area contributed by atoms with Gasteiger partial charge in [0.2, 0.25) is 0 Å². The molecule has 0 amide bonds. The molecule has 31 heavy (non-hydrogen) atoms. The van der Waals surface area contributed by atoms with Crippen LogP contribution in [0, 0.1) is 6.92 Å². The number of thiazole rings is 1. The maximum absolute atomic E-state index is 12.2. The van der Waals surface area contributed by atoms with Crippen molar-refractivity contribution in [2.75, 3.05) is 32.0 Å². The Bertz CT molecular complexity index is 1020. The van der Waals surface area contributed by atoms with Crippen molar-refractivity contribution in [1.82, 2.24) is 9.88 Å². The van der Waals surface area contributed by atoms with Gasteiger partial charge in [0.05, 0.1) is 17.3 Å². The van der Waals surface area contributed by atoms with Gasteiger partial charge in [-0.2, -0.15) is 0 Å². The van der Waals surface area contributed by atoms with Crippen LogP contribution in [0.5, 0.6) is 5.75 Å². The zero-order chi connectivity index (χ0) is 22.2. The highest BCUT2D eigenvalue weighted by Gasteiger charge is 2.13. The summed E-state index contributed by atoms with van der Waals surface area (Å²) >= 11 is 3.06. The number of hydrogen-bond acceptors (Lipinski definition) is 8. The van der Waals surface area contributed by atoms with Crippen molar-refractivity contribution < 1.29 is 14.6 Å². The highest BCUT2D eigenvalue weighted by molar-refractivity contribution is 8.00. The van der Waals surface area contributed by atoms with Crippen LogP contribution in [-0.2, 0) is 4.74 Å². The van der Waals surface area contributed by atoms with E-state index in [1.807, 2.05) is 44.6 Å². The Labute approximate surface area is 191 Å². The number of benzene rings is 2. The maximum atomic E-state index is 12.2. The van der Waals surface area contributed by atoms with E-state index in [-0.39, 0.29) is 11.3 Å². The Kier molecular flexibility index (Phi) is 8.34. The predicted molar refractivity (Wildman–Crippen MR) is 128 cm³/mol. The van der Waals surface area contributed by atoms with E-state index in [9.17, 15) is 9.90 Å². The topological polar surface area (TPSA) is 74.7 Å². The van der Waals surface area contributed by atoms with Crippen LogP contribution in [0.3, 0.4) is 0 Å². The van der Waals surface area contributed by atoms with Crippen LogP contribution in [0.15, 0.2) is 52.7 Å². The lowest BCUT2D eigenvalue weighted by Crippen LogP contribution is -2.14. The number of carbonyl (C=O) groups is 1. The van der Waals surface area contributed by atoms with Crippen molar-refractivity contribution in [1.29, 1.82) is 0 Å². The van der Waals surface area contributed by atoms with E-state index >= 15 is 0 Å². The Hall–Kier alpha value is -2.55. The smallest absolute Gasteiger partial charge is 0.341 e. The lowest BCUT2D eigenvalue weighted by atomic mass is 10.2. The molecule has 0 bridgehead atoms. The highest BCUT2D eigenvalue weighted by atomic mass is 32.2. The molecule has 6 nitrogen and oxygen atoms in total. The Balaban J connectivity index is 1.54. The van der Waals surface area contributed by atoms with Gasteiger partial charge in [-0.3, -0.25) is 0 Å². The lowest BCUT2D eigenvalue weighted by Gasteiger charge is -2.11. The maximum Gasteiger partial charge on any atom is 0.341 e. The molecule has 0 saturated heterocycles. The number of rotatable bonds is 10. The van der Waals surface area contributed by atoms with Gasteiger partial charge >= 0.3 is 5.97 Å². The molecule has 2 N–H and O–H groups in total. The van der Waals surface area contributed by atoms with Crippen molar-refractivity contribution in [3.8, 4) is 17.0 Å². The number of carbonyl (C=O) groups excluding carboxylic acids is 1.